The molecule has 0 radical (unpaired) electrons. The van der Waals surface area contributed by atoms with Crippen molar-refractivity contribution in [2.24, 2.45) is 0 Å². The van der Waals surface area contributed by atoms with Crippen molar-refractivity contribution < 1.29 is 0 Å². The van der Waals surface area contributed by atoms with Crippen molar-refractivity contribution in [3.05, 3.63) is 16.5 Å². The summed E-state index contributed by atoms with van der Waals surface area (Å²) in [5.41, 5.74) is 1.00. The van der Waals surface area contributed by atoms with Gasteiger partial charge in [0.1, 0.15) is 16.8 Å². The van der Waals surface area contributed by atoms with Crippen molar-refractivity contribution in [1.29, 1.82) is 0 Å². The Bertz CT molecular complexity index is 402. The van der Waals surface area contributed by atoms with Gasteiger partial charge in [0.2, 0.25) is 0 Å². The van der Waals surface area contributed by atoms with Crippen LogP contribution >= 0.6 is 11.6 Å². The molecule has 2 rings (SSSR count). The Morgan fingerprint density at radius 2 is 2.06 bits per heavy atom. The van der Waals surface area contributed by atoms with Gasteiger partial charge < -0.3 is 4.90 Å². The van der Waals surface area contributed by atoms with Crippen LogP contribution < -0.4 is 4.90 Å². The Balaban J connectivity index is 2.29. The van der Waals surface area contributed by atoms with Crippen molar-refractivity contribution in [3.8, 4) is 0 Å². The third-order valence-electron chi connectivity index (χ3n) is 3.54. The number of halogens is 1. The average Bonchev–Trinajstić information content (AvgIpc) is 2.21. The van der Waals surface area contributed by atoms with Crippen LogP contribution in [0, 0.1) is 6.92 Å². The predicted octanol–water partition coefficient (Wildman–Crippen LogP) is 3.38. The van der Waals surface area contributed by atoms with Crippen LogP contribution in [0.15, 0.2) is 0 Å². The van der Waals surface area contributed by atoms with Gasteiger partial charge in [-0.25, -0.2) is 9.97 Å². The Morgan fingerprint density at radius 1 is 1.35 bits per heavy atom. The molecule has 4 heteroatoms. The number of anilines is 1. The van der Waals surface area contributed by atoms with E-state index in [1.165, 1.54) is 19.3 Å². The van der Waals surface area contributed by atoms with E-state index in [2.05, 4.69) is 28.8 Å². The second-order valence-electron chi connectivity index (χ2n) is 4.82. The fourth-order valence-corrected chi connectivity index (χ4v) is 2.33. The summed E-state index contributed by atoms with van der Waals surface area (Å²) in [5, 5.41) is 0.602. The molecule has 1 aromatic heterocycles. The third kappa shape index (κ3) is 2.54. The highest BCUT2D eigenvalue weighted by Crippen LogP contribution is 2.31. The standard InChI is InChI=1S/C13H20ClN3/c1-4-6-11-15-12(14)9(2)13(16-11)17(3)10-7-5-8-10/h10H,4-8H2,1-3H3. The summed E-state index contributed by atoms with van der Waals surface area (Å²) in [6.07, 6.45) is 5.80. The minimum absolute atomic E-state index is 0.602. The van der Waals surface area contributed by atoms with Crippen LogP contribution in [-0.2, 0) is 6.42 Å². The minimum Gasteiger partial charge on any atom is -0.356 e. The van der Waals surface area contributed by atoms with Gasteiger partial charge in [-0.3, -0.25) is 0 Å². The van der Waals surface area contributed by atoms with E-state index in [9.17, 15) is 0 Å². The molecule has 0 spiro atoms. The highest BCUT2D eigenvalue weighted by atomic mass is 35.5. The molecule has 3 nitrogen and oxygen atoms in total. The summed E-state index contributed by atoms with van der Waals surface area (Å²) >= 11 is 6.19. The second kappa shape index (κ2) is 5.21. The number of hydrogen-bond acceptors (Lipinski definition) is 3. The molecule has 0 N–H and O–H groups in total. The van der Waals surface area contributed by atoms with Crippen LogP contribution in [-0.4, -0.2) is 23.1 Å². The molecule has 0 atom stereocenters. The largest absolute Gasteiger partial charge is 0.356 e. The van der Waals surface area contributed by atoms with Crippen LogP contribution in [0.2, 0.25) is 5.15 Å². The van der Waals surface area contributed by atoms with Crippen LogP contribution in [0.25, 0.3) is 0 Å². The maximum absolute atomic E-state index is 6.19. The van der Waals surface area contributed by atoms with Crippen molar-refractivity contribution in [2.75, 3.05) is 11.9 Å². The first kappa shape index (κ1) is 12.6. The molecular weight excluding hydrogens is 234 g/mol. The molecule has 1 aliphatic carbocycles. The van der Waals surface area contributed by atoms with Crippen molar-refractivity contribution in [1.82, 2.24) is 9.97 Å². The molecule has 0 bridgehead atoms. The maximum Gasteiger partial charge on any atom is 0.137 e. The van der Waals surface area contributed by atoms with Crippen LogP contribution in [0.3, 0.4) is 0 Å². The molecule has 94 valence electrons. The number of rotatable bonds is 4. The topological polar surface area (TPSA) is 29.0 Å². The van der Waals surface area contributed by atoms with E-state index in [4.69, 9.17) is 11.6 Å². The zero-order chi connectivity index (χ0) is 12.4. The highest BCUT2D eigenvalue weighted by Gasteiger charge is 2.25. The zero-order valence-electron chi connectivity index (χ0n) is 10.8. The Kier molecular flexibility index (Phi) is 3.87. The maximum atomic E-state index is 6.19. The number of aromatic nitrogens is 2. The molecule has 0 amide bonds. The summed E-state index contributed by atoms with van der Waals surface area (Å²) in [4.78, 5) is 11.3. The fourth-order valence-electron chi connectivity index (χ4n) is 2.15. The van der Waals surface area contributed by atoms with E-state index in [-0.39, 0.29) is 0 Å². The smallest absolute Gasteiger partial charge is 0.137 e. The highest BCUT2D eigenvalue weighted by molar-refractivity contribution is 6.30. The molecular formula is C13H20ClN3. The molecule has 1 saturated carbocycles. The van der Waals surface area contributed by atoms with Gasteiger partial charge in [-0.15, -0.1) is 0 Å². The summed E-state index contributed by atoms with van der Waals surface area (Å²) < 4.78 is 0. The SMILES string of the molecule is CCCc1nc(Cl)c(C)c(N(C)C2CCC2)n1. The molecule has 0 unspecified atom stereocenters. The quantitative estimate of drug-likeness (QED) is 0.771. The Morgan fingerprint density at radius 3 is 2.59 bits per heavy atom. The first-order valence-electron chi connectivity index (χ1n) is 6.39. The Labute approximate surface area is 108 Å². The molecule has 0 saturated heterocycles. The Hall–Kier alpha value is -0.830. The van der Waals surface area contributed by atoms with Crippen LogP contribution in [0.5, 0.6) is 0 Å². The van der Waals surface area contributed by atoms with Gasteiger partial charge in [0.05, 0.1) is 0 Å². The van der Waals surface area contributed by atoms with Crippen LogP contribution in [0.1, 0.15) is 44.0 Å². The van der Waals surface area contributed by atoms with Gasteiger partial charge in [-0.2, -0.15) is 0 Å². The van der Waals surface area contributed by atoms with E-state index >= 15 is 0 Å². The van der Waals surface area contributed by atoms with E-state index in [0.717, 1.165) is 30.0 Å². The molecule has 1 aromatic rings. The average molecular weight is 254 g/mol. The van der Waals surface area contributed by atoms with E-state index in [0.29, 0.717) is 11.2 Å². The van der Waals surface area contributed by atoms with Gasteiger partial charge in [0.25, 0.3) is 0 Å². The van der Waals surface area contributed by atoms with E-state index in [1.807, 2.05) is 6.92 Å². The van der Waals surface area contributed by atoms with Gasteiger partial charge in [0, 0.05) is 25.1 Å². The van der Waals surface area contributed by atoms with Crippen molar-refractivity contribution in [2.45, 2.75) is 52.0 Å². The van der Waals surface area contributed by atoms with Gasteiger partial charge in [-0.1, -0.05) is 18.5 Å². The molecule has 17 heavy (non-hydrogen) atoms. The lowest BCUT2D eigenvalue weighted by molar-refractivity contribution is 0.398. The first-order chi connectivity index (χ1) is 8.13. The molecule has 1 heterocycles. The molecule has 0 aromatic carbocycles. The van der Waals surface area contributed by atoms with E-state index < -0.39 is 0 Å². The summed E-state index contributed by atoms with van der Waals surface area (Å²) in [7, 11) is 2.12. The normalized spacial score (nSPS) is 15.8. The lowest BCUT2D eigenvalue weighted by Gasteiger charge is -2.36. The zero-order valence-corrected chi connectivity index (χ0v) is 11.6. The van der Waals surface area contributed by atoms with Crippen LogP contribution in [0.4, 0.5) is 5.82 Å². The number of hydrogen-bond donors (Lipinski definition) is 0. The number of nitrogens with zero attached hydrogens (tertiary/aromatic N) is 3. The molecule has 1 fully saturated rings. The molecule has 1 aliphatic rings. The predicted molar refractivity (Wildman–Crippen MR) is 71.8 cm³/mol. The summed E-state index contributed by atoms with van der Waals surface area (Å²) in [6.45, 7) is 4.13. The second-order valence-corrected chi connectivity index (χ2v) is 5.18. The number of aryl methyl sites for hydroxylation is 1. The fraction of sp³-hybridized carbons (Fsp3) is 0.692. The summed E-state index contributed by atoms with van der Waals surface area (Å²) in [5.74, 6) is 1.88. The molecule has 0 aliphatic heterocycles. The lowest BCUT2D eigenvalue weighted by Crippen LogP contribution is -2.38. The first-order valence-corrected chi connectivity index (χ1v) is 6.77. The van der Waals surface area contributed by atoms with Gasteiger partial charge >= 0.3 is 0 Å². The van der Waals surface area contributed by atoms with Gasteiger partial charge in [0.15, 0.2) is 0 Å². The minimum atomic E-state index is 0.602. The van der Waals surface area contributed by atoms with Crippen molar-refractivity contribution >= 4 is 17.4 Å². The monoisotopic (exact) mass is 253 g/mol. The van der Waals surface area contributed by atoms with Crippen molar-refractivity contribution in [3.63, 3.8) is 0 Å². The lowest BCUT2D eigenvalue weighted by atomic mass is 9.92. The van der Waals surface area contributed by atoms with E-state index in [1.54, 1.807) is 0 Å². The van der Waals surface area contributed by atoms with Gasteiger partial charge in [-0.05, 0) is 32.6 Å². The summed E-state index contributed by atoms with van der Waals surface area (Å²) in [6, 6.07) is 0.633. The third-order valence-corrected chi connectivity index (χ3v) is 3.91.